The van der Waals surface area contributed by atoms with Gasteiger partial charge in [-0.1, -0.05) is 6.92 Å². The lowest BCUT2D eigenvalue weighted by molar-refractivity contribution is -0.145. The second-order valence-corrected chi connectivity index (χ2v) is 11.3. The fourth-order valence-electron chi connectivity index (χ4n) is 6.94. The lowest BCUT2D eigenvalue weighted by atomic mass is 9.67. The summed E-state index contributed by atoms with van der Waals surface area (Å²) in [5.41, 5.74) is -0.103. The molecule has 6 nitrogen and oxygen atoms in total. The highest BCUT2D eigenvalue weighted by atomic mass is 16.2. The maximum absolute atomic E-state index is 13.1. The van der Waals surface area contributed by atoms with Crippen molar-refractivity contribution < 1.29 is 9.59 Å². The fraction of sp³-hybridized carbons (Fsp3) is 0.880. The van der Waals surface area contributed by atoms with Crippen molar-refractivity contribution in [3.8, 4) is 6.07 Å². The number of amides is 2. The second-order valence-electron chi connectivity index (χ2n) is 11.3. The summed E-state index contributed by atoms with van der Waals surface area (Å²) in [5, 5.41) is 12.7. The lowest BCUT2D eigenvalue weighted by Crippen LogP contribution is -2.53. The maximum Gasteiger partial charge on any atom is 0.228 e. The molecule has 170 valence electrons. The van der Waals surface area contributed by atoms with E-state index < -0.39 is 0 Å². The first-order valence-corrected chi connectivity index (χ1v) is 12.7. The van der Waals surface area contributed by atoms with Gasteiger partial charge in [0.05, 0.1) is 12.1 Å². The van der Waals surface area contributed by atoms with Crippen LogP contribution < -0.4 is 5.32 Å². The highest BCUT2D eigenvalue weighted by Gasteiger charge is 2.48. The van der Waals surface area contributed by atoms with E-state index in [2.05, 4.69) is 18.3 Å². The van der Waals surface area contributed by atoms with Crippen LogP contribution in [0.1, 0.15) is 71.1 Å². The van der Waals surface area contributed by atoms with Gasteiger partial charge >= 0.3 is 0 Å². The first-order chi connectivity index (χ1) is 15.0. The Bertz CT molecular complexity index is 741. The highest BCUT2D eigenvalue weighted by molar-refractivity contribution is 5.85. The van der Waals surface area contributed by atoms with Gasteiger partial charge in [-0.3, -0.25) is 14.9 Å². The maximum atomic E-state index is 13.1. The summed E-state index contributed by atoms with van der Waals surface area (Å²) in [6, 6.07) is 3.03. The second kappa shape index (κ2) is 8.39. The zero-order valence-corrected chi connectivity index (χ0v) is 19.0. The Kier molecular flexibility index (Phi) is 5.75. The molecule has 0 aromatic rings. The molecule has 0 aromatic heterocycles. The zero-order valence-electron chi connectivity index (χ0n) is 19.0. The Morgan fingerprint density at radius 3 is 2.16 bits per heavy atom. The summed E-state index contributed by atoms with van der Waals surface area (Å²) in [6.45, 7) is 4.90. The van der Waals surface area contributed by atoms with Crippen molar-refractivity contribution in [2.45, 2.75) is 83.2 Å². The predicted octanol–water partition coefficient (Wildman–Crippen LogP) is 2.93. The minimum absolute atomic E-state index is 0.0602. The molecule has 3 aliphatic carbocycles. The smallest absolute Gasteiger partial charge is 0.228 e. The third kappa shape index (κ3) is 4.23. The number of carbonyl (C=O) groups excluding carboxylic acids is 2. The molecule has 2 saturated heterocycles. The average Bonchev–Trinajstić information content (AvgIpc) is 3.43. The molecule has 1 N–H and O–H groups in total. The van der Waals surface area contributed by atoms with E-state index in [-0.39, 0.29) is 17.4 Å². The Morgan fingerprint density at radius 2 is 1.52 bits per heavy atom. The van der Waals surface area contributed by atoms with Gasteiger partial charge in [0.1, 0.15) is 0 Å². The number of hydrogen-bond donors (Lipinski definition) is 1. The molecule has 2 amide bonds. The van der Waals surface area contributed by atoms with E-state index in [9.17, 15) is 14.9 Å². The standard InChI is InChI=1S/C25H38N4O2/c1-25(8-9-25)24(31)29-12-10-28(11-13-29)23(30)18-4-2-17(3-5-18)19-6-7-22-20(14-19)15-21(16-26)27-22/h17-22,27H,2-15H2,1H3. The largest absolute Gasteiger partial charge is 0.339 e. The van der Waals surface area contributed by atoms with Crippen molar-refractivity contribution in [2.24, 2.45) is 29.1 Å². The quantitative estimate of drug-likeness (QED) is 0.753. The molecule has 3 saturated carbocycles. The third-order valence-electron chi connectivity index (χ3n) is 9.32. The molecule has 4 atom stereocenters. The molecule has 0 bridgehead atoms. The molecule has 0 radical (unpaired) electrons. The van der Waals surface area contributed by atoms with Crippen LogP contribution in [0, 0.1) is 40.4 Å². The van der Waals surface area contributed by atoms with Crippen molar-refractivity contribution in [2.75, 3.05) is 26.2 Å². The molecular formula is C25H38N4O2. The lowest BCUT2D eigenvalue weighted by Gasteiger charge is -2.41. The summed E-state index contributed by atoms with van der Waals surface area (Å²) in [5.74, 6) is 3.05. The van der Waals surface area contributed by atoms with E-state index in [0.29, 0.717) is 50.0 Å². The van der Waals surface area contributed by atoms with Crippen molar-refractivity contribution in [1.29, 1.82) is 5.26 Å². The van der Waals surface area contributed by atoms with Gasteiger partial charge < -0.3 is 9.80 Å². The Balaban J connectivity index is 1.07. The van der Waals surface area contributed by atoms with E-state index >= 15 is 0 Å². The number of nitrogens with zero attached hydrogens (tertiary/aromatic N) is 3. The SMILES string of the molecule is CC1(C(=O)N2CCN(C(=O)C3CCC(C4CCC5NC(C#N)CC5C4)CC3)CC2)CC1. The topological polar surface area (TPSA) is 76.4 Å². The van der Waals surface area contributed by atoms with Crippen LogP contribution in [0.5, 0.6) is 0 Å². The van der Waals surface area contributed by atoms with Gasteiger partial charge in [0, 0.05) is 43.6 Å². The van der Waals surface area contributed by atoms with Gasteiger partial charge in [0.2, 0.25) is 11.8 Å². The van der Waals surface area contributed by atoms with Gasteiger partial charge in [-0.15, -0.1) is 0 Å². The van der Waals surface area contributed by atoms with Gasteiger partial charge in [0.25, 0.3) is 0 Å². The van der Waals surface area contributed by atoms with E-state index in [1.165, 1.54) is 32.1 Å². The van der Waals surface area contributed by atoms with Crippen LogP contribution >= 0.6 is 0 Å². The van der Waals surface area contributed by atoms with Crippen molar-refractivity contribution in [3.63, 3.8) is 0 Å². The summed E-state index contributed by atoms with van der Waals surface area (Å²) in [6.07, 6.45) is 11.3. The summed E-state index contributed by atoms with van der Waals surface area (Å²) < 4.78 is 0. The monoisotopic (exact) mass is 426 g/mol. The normalized spacial score (nSPS) is 39.5. The van der Waals surface area contributed by atoms with Crippen LogP contribution in [0.2, 0.25) is 0 Å². The van der Waals surface area contributed by atoms with Crippen molar-refractivity contribution in [3.05, 3.63) is 0 Å². The molecule has 0 spiro atoms. The minimum Gasteiger partial charge on any atom is -0.339 e. The predicted molar refractivity (Wildman–Crippen MR) is 118 cm³/mol. The summed E-state index contributed by atoms with van der Waals surface area (Å²) >= 11 is 0. The molecule has 5 fully saturated rings. The molecule has 4 unspecified atom stereocenters. The molecule has 2 heterocycles. The Hall–Kier alpha value is -1.61. The molecule has 5 aliphatic rings. The number of nitrogens with one attached hydrogen (secondary N) is 1. The first kappa shape index (κ1) is 21.2. The van der Waals surface area contributed by atoms with Crippen LogP contribution in [0.3, 0.4) is 0 Å². The molecule has 31 heavy (non-hydrogen) atoms. The fourth-order valence-corrected chi connectivity index (χ4v) is 6.94. The van der Waals surface area contributed by atoms with E-state index in [1.807, 2.05) is 9.80 Å². The highest BCUT2D eigenvalue weighted by Crippen LogP contribution is 2.47. The Morgan fingerprint density at radius 1 is 0.871 bits per heavy atom. The number of nitriles is 1. The average molecular weight is 427 g/mol. The van der Waals surface area contributed by atoms with Crippen LogP contribution in [-0.4, -0.2) is 59.9 Å². The zero-order chi connectivity index (χ0) is 21.6. The molecule has 2 aliphatic heterocycles. The summed E-state index contributed by atoms with van der Waals surface area (Å²) in [4.78, 5) is 29.7. The minimum atomic E-state index is -0.103. The molecule has 6 heteroatoms. The number of carbonyl (C=O) groups is 2. The number of rotatable bonds is 3. The number of piperazine rings is 1. The van der Waals surface area contributed by atoms with Crippen LogP contribution in [0.15, 0.2) is 0 Å². The van der Waals surface area contributed by atoms with Gasteiger partial charge in [-0.2, -0.15) is 5.26 Å². The van der Waals surface area contributed by atoms with Crippen LogP contribution in [0.25, 0.3) is 0 Å². The summed E-state index contributed by atoms with van der Waals surface area (Å²) in [7, 11) is 0. The van der Waals surface area contributed by atoms with Crippen LogP contribution in [0.4, 0.5) is 0 Å². The first-order valence-electron chi connectivity index (χ1n) is 12.7. The van der Waals surface area contributed by atoms with E-state index in [4.69, 9.17) is 0 Å². The molecular weight excluding hydrogens is 388 g/mol. The van der Waals surface area contributed by atoms with Gasteiger partial charge in [-0.25, -0.2) is 0 Å². The van der Waals surface area contributed by atoms with Gasteiger partial charge in [-0.05, 0) is 82.0 Å². The van der Waals surface area contributed by atoms with E-state index in [0.717, 1.165) is 43.9 Å². The number of hydrogen-bond acceptors (Lipinski definition) is 4. The molecule has 5 rings (SSSR count). The third-order valence-corrected chi connectivity index (χ3v) is 9.32. The Labute approximate surface area is 186 Å². The van der Waals surface area contributed by atoms with Crippen molar-refractivity contribution >= 4 is 11.8 Å². The number of fused-ring (bicyclic) bond motifs is 1. The van der Waals surface area contributed by atoms with Gasteiger partial charge in [0.15, 0.2) is 0 Å². The van der Waals surface area contributed by atoms with Crippen LogP contribution in [-0.2, 0) is 9.59 Å². The molecule has 0 aromatic carbocycles. The van der Waals surface area contributed by atoms with Crippen molar-refractivity contribution in [1.82, 2.24) is 15.1 Å². The van der Waals surface area contributed by atoms with E-state index in [1.54, 1.807) is 0 Å².